The standard InChI is InChI=1S/C18H21NO3/c1-13-9-10-15(17(21)12-13)18(22)19-16(8-5-11-20)14-6-3-2-4-7-14/h2-4,6-7,9-10,12,16,20-21H,5,8,11H2,1H3,(H,19,22). The first-order chi connectivity index (χ1) is 10.6. The Morgan fingerprint density at radius 1 is 1.18 bits per heavy atom. The first-order valence-corrected chi connectivity index (χ1v) is 7.38. The Labute approximate surface area is 130 Å². The van der Waals surface area contributed by atoms with Gasteiger partial charge in [-0.25, -0.2) is 0 Å². The van der Waals surface area contributed by atoms with Crippen LogP contribution in [0.3, 0.4) is 0 Å². The molecule has 4 heteroatoms. The van der Waals surface area contributed by atoms with Crippen LogP contribution >= 0.6 is 0 Å². The van der Waals surface area contributed by atoms with E-state index in [4.69, 9.17) is 5.11 Å². The van der Waals surface area contributed by atoms with Gasteiger partial charge in [0.2, 0.25) is 0 Å². The van der Waals surface area contributed by atoms with Gasteiger partial charge in [-0.15, -0.1) is 0 Å². The van der Waals surface area contributed by atoms with E-state index in [0.717, 1.165) is 11.1 Å². The third-order valence-corrected chi connectivity index (χ3v) is 3.56. The lowest BCUT2D eigenvalue weighted by molar-refractivity contribution is 0.0929. The average Bonchev–Trinajstić information content (AvgIpc) is 2.52. The lowest BCUT2D eigenvalue weighted by Gasteiger charge is -2.19. The molecule has 0 spiro atoms. The van der Waals surface area contributed by atoms with Gasteiger partial charge in [0.05, 0.1) is 11.6 Å². The van der Waals surface area contributed by atoms with E-state index in [9.17, 15) is 9.90 Å². The topological polar surface area (TPSA) is 69.6 Å². The molecule has 2 rings (SSSR count). The van der Waals surface area contributed by atoms with E-state index in [0.29, 0.717) is 12.8 Å². The van der Waals surface area contributed by atoms with Crippen molar-refractivity contribution in [1.29, 1.82) is 0 Å². The smallest absolute Gasteiger partial charge is 0.255 e. The molecule has 4 nitrogen and oxygen atoms in total. The zero-order valence-electron chi connectivity index (χ0n) is 12.6. The number of amides is 1. The Morgan fingerprint density at radius 2 is 1.91 bits per heavy atom. The second kappa shape index (κ2) is 7.61. The molecule has 0 fully saturated rings. The highest BCUT2D eigenvalue weighted by atomic mass is 16.3. The van der Waals surface area contributed by atoms with E-state index >= 15 is 0 Å². The summed E-state index contributed by atoms with van der Waals surface area (Å²) >= 11 is 0. The Morgan fingerprint density at radius 3 is 2.55 bits per heavy atom. The fourth-order valence-corrected chi connectivity index (χ4v) is 2.37. The Bertz CT molecular complexity index is 625. The minimum absolute atomic E-state index is 0.0218. The second-order valence-electron chi connectivity index (χ2n) is 5.32. The number of aliphatic hydroxyl groups excluding tert-OH is 1. The van der Waals surface area contributed by atoms with E-state index in [-0.39, 0.29) is 29.9 Å². The number of benzene rings is 2. The Balaban J connectivity index is 2.17. The molecule has 0 saturated heterocycles. The fourth-order valence-electron chi connectivity index (χ4n) is 2.37. The normalized spacial score (nSPS) is 11.9. The van der Waals surface area contributed by atoms with Crippen LogP contribution in [0.1, 0.15) is 40.4 Å². The van der Waals surface area contributed by atoms with Gasteiger partial charge >= 0.3 is 0 Å². The number of phenolic OH excluding ortho intramolecular Hbond substituents is 1. The number of hydrogen-bond acceptors (Lipinski definition) is 3. The summed E-state index contributed by atoms with van der Waals surface area (Å²) < 4.78 is 0. The third kappa shape index (κ3) is 4.09. The number of carbonyl (C=O) groups is 1. The molecule has 0 saturated carbocycles. The molecule has 0 heterocycles. The number of aryl methyl sites for hydroxylation is 1. The van der Waals surface area contributed by atoms with Crippen LogP contribution in [0, 0.1) is 6.92 Å². The van der Waals surface area contributed by atoms with E-state index in [1.165, 1.54) is 0 Å². The number of phenols is 1. The number of nitrogens with one attached hydrogen (secondary N) is 1. The quantitative estimate of drug-likeness (QED) is 0.768. The van der Waals surface area contributed by atoms with Crippen molar-refractivity contribution in [1.82, 2.24) is 5.32 Å². The third-order valence-electron chi connectivity index (χ3n) is 3.56. The zero-order chi connectivity index (χ0) is 15.9. The minimum atomic E-state index is -0.315. The predicted molar refractivity (Wildman–Crippen MR) is 85.8 cm³/mol. The van der Waals surface area contributed by atoms with Gasteiger partial charge in [-0.05, 0) is 43.0 Å². The molecule has 0 aromatic heterocycles. The summed E-state index contributed by atoms with van der Waals surface area (Å²) in [7, 11) is 0. The van der Waals surface area contributed by atoms with Crippen molar-refractivity contribution in [3.8, 4) is 5.75 Å². The molecular weight excluding hydrogens is 278 g/mol. The summed E-state index contributed by atoms with van der Waals surface area (Å²) in [5, 5.41) is 21.9. The van der Waals surface area contributed by atoms with E-state index in [1.54, 1.807) is 18.2 Å². The number of aromatic hydroxyl groups is 1. The number of carbonyl (C=O) groups excluding carboxylic acids is 1. The summed E-state index contributed by atoms with van der Waals surface area (Å²) in [6, 6.07) is 14.4. The van der Waals surface area contributed by atoms with E-state index < -0.39 is 0 Å². The van der Waals surface area contributed by atoms with Gasteiger partial charge in [0.1, 0.15) is 5.75 Å². The van der Waals surface area contributed by atoms with Crippen molar-refractivity contribution in [3.05, 3.63) is 65.2 Å². The van der Waals surface area contributed by atoms with E-state index in [2.05, 4.69) is 5.32 Å². The molecule has 22 heavy (non-hydrogen) atoms. The van der Waals surface area contributed by atoms with Crippen LogP contribution in [0.25, 0.3) is 0 Å². The summed E-state index contributed by atoms with van der Waals surface area (Å²) in [5.74, 6) is -0.337. The average molecular weight is 299 g/mol. The Hall–Kier alpha value is -2.33. The van der Waals surface area contributed by atoms with Crippen molar-refractivity contribution in [3.63, 3.8) is 0 Å². The second-order valence-corrected chi connectivity index (χ2v) is 5.32. The molecule has 2 aromatic rings. The van der Waals surface area contributed by atoms with Crippen LogP contribution in [0.5, 0.6) is 5.75 Å². The van der Waals surface area contributed by atoms with Crippen LogP contribution in [-0.2, 0) is 0 Å². The molecular formula is C18H21NO3. The Kier molecular flexibility index (Phi) is 5.55. The van der Waals surface area contributed by atoms with Gasteiger partial charge in [0.25, 0.3) is 5.91 Å². The molecule has 3 N–H and O–H groups in total. The molecule has 0 aliphatic heterocycles. The van der Waals surface area contributed by atoms with Crippen molar-refractivity contribution in [2.45, 2.75) is 25.8 Å². The molecule has 116 valence electrons. The fraction of sp³-hybridized carbons (Fsp3) is 0.278. The summed E-state index contributed by atoms with van der Waals surface area (Å²) in [5.41, 5.74) is 2.14. The van der Waals surface area contributed by atoms with Crippen LogP contribution < -0.4 is 5.32 Å². The van der Waals surface area contributed by atoms with Crippen LogP contribution in [-0.4, -0.2) is 22.7 Å². The van der Waals surface area contributed by atoms with Gasteiger partial charge in [-0.1, -0.05) is 36.4 Å². The SMILES string of the molecule is Cc1ccc(C(=O)NC(CCCO)c2ccccc2)c(O)c1. The molecule has 0 radical (unpaired) electrons. The van der Waals surface area contributed by atoms with Crippen molar-refractivity contribution < 1.29 is 15.0 Å². The summed E-state index contributed by atoms with van der Waals surface area (Å²) in [6.45, 7) is 1.93. The molecule has 2 aromatic carbocycles. The zero-order valence-corrected chi connectivity index (χ0v) is 12.6. The van der Waals surface area contributed by atoms with Crippen LogP contribution in [0.4, 0.5) is 0 Å². The van der Waals surface area contributed by atoms with E-state index in [1.807, 2.05) is 37.3 Å². The highest BCUT2D eigenvalue weighted by Gasteiger charge is 2.17. The maximum atomic E-state index is 12.4. The monoisotopic (exact) mass is 299 g/mol. The van der Waals surface area contributed by atoms with Crippen LogP contribution in [0.15, 0.2) is 48.5 Å². The maximum absolute atomic E-state index is 12.4. The van der Waals surface area contributed by atoms with Gasteiger partial charge in [-0.2, -0.15) is 0 Å². The number of hydrogen-bond donors (Lipinski definition) is 3. The van der Waals surface area contributed by atoms with Gasteiger partial charge in [0, 0.05) is 6.61 Å². The predicted octanol–water partition coefficient (Wildman–Crippen LogP) is 2.94. The summed E-state index contributed by atoms with van der Waals surface area (Å²) in [4.78, 5) is 12.4. The first-order valence-electron chi connectivity index (χ1n) is 7.38. The lowest BCUT2D eigenvalue weighted by Crippen LogP contribution is -2.28. The number of rotatable bonds is 6. The van der Waals surface area contributed by atoms with Crippen molar-refractivity contribution in [2.24, 2.45) is 0 Å². The minimum Gasteiger partial charge on any atom is -0.507 e. The van der Waals surface area contributed by atoms with Crippen molar-refractivity contribution >= 4 is 5.91 Å². The lowest BCUT2D eigenvalue weighted by atomic mass is 10.0. The molecule has 1 unspecified atom stereocenters. The maximum Gasteiger partial charge on any atom is 0.255 e. The molecule has 0 aliphatic rings. The molecule has 0 aliphatic carbocycles. The van der Waals surface area contributed by atoms with Gasteiger partial charge in [0.15, 0.2) is 0 Å². The van der Waals surface area contributed by atoms with Gasteiger partial charge < -0.3 is 15.5 Å². The summed E-state index contributed by atoms with van der Waals surface area (Å²) in [6.07, 6.45) is 1.23. The molecule has 0 bridgehead atoms. The number of aliphatic hydroxyl groups is 1. The first kappa shape index (κ1) is 16.0. The highest BCUT2D eigenvalue weighted by Crippen LogP contribution is 2.22. The molecule has 1 atom stereocenters. The van der Waals surface area contributed by atoms with Gasteiger partial charge in [-0.3, -0.25) is 4.79 Å². The van der Waals surface area contributed by atoms with Crippen LogP contribution in [0.2, 0.25) is 0 Å². The van der Waals surface area contributed by atoms with Crippen molar-refractivity contribution in [2.75, 3.05) is 6.61 Å². The molecule has 1 amide bonds. The largest absolute Gasteiger partial charge is 0.507 e. The highest BCUT2D eigenvalue weighted by molar-refractivity contribution is 5.97.